The summed E-state index contributed by atoms with van der Waals surface area (Å²) in [6.07, 6.45) is 0. The van der Waals surface area contributed by atoms with Crippen LogP contribution in [-0.2, 0) is 4.79 Å². The maximum Gasteiger partial charge on any atom is 0.257 e. The molecule has 6 nitrogen and oxygen atoms in total. The number of para-hydroxylation sites is 1. The predicted molar refractivity (Wildman–Crippen MR) is 92.7 cm³/mol. The first-order valence-corrected chi connectivity index (χ1v) is 7.30. The molecule has 2 rings (SSSR count). The summed E-state index contributed by atoms with van der Waals surface area (Å²) < 4.78 is 0. The van der Waals surface area contributed by atoms with Crippen molar-refractivity contribution < 1.29 is 9.59 Å². The molecule has 0 aliphatic carbocycles. The van der Waals surface area contributed by atoms with Crippen LogP contribution in [0.15, 0.2) is 60.7 Å². The van der Waals surface area contributed by atoms with Crippen molar-refractivity contribution in [3.05, 3.63) is 66.2 Å². The summed E-state index contributed by atoms with van der Waals surface area (Å²) in [4.78, 5) is 23.4. The molecule has 0 saturated carbocycles. The van der Waals surface area contributed by atoms with Crippen LogP contribution in [0.4, 0.5) is 5.69 Å². The molecule has 0 aliphatic heterocycles. The lowest BCUT2D eigenvalue weighted by atomic mass is 10.2. The van der Waals surface area contributed by atoms with Crippen LogP contribution in [0.3, 0.4) is 0 Å². The number of nitrogens with one attached hydrogen (secondary N) is 4. The molecule has 0 fully saturated rings. The molecule has 2 amide bonds. The van der Waals surface area contributed by atoms with Crippen LogP contribution >= 0.6 is 12.2 Å². The summed E-state index contributed by atoms with van der Waals surface area (Å²) in [7, 11) is 0. The average molecular weight is 328 g/mol. The maximum absolute atomic E-state index is 11.8. The molecule has 118 valence electrons. The van der Waals surface area contributed by atoms with E-state index in [4.69, 9.17) is 12.2 Å². The minimum absolute atomic E-state index is 0.158. The van der Waals surface area contributed by atoms with E-state index in [0.29, 0.717) is 5.56 Å². The van der Waals surface area contributed by atoms with E-state index in [0.717, 1.165) is 5.69 Å². The third kappa shape index (κ3) is 5.76. The fourth-order valence-electron chi connectivity index (χ4n) is 1.71. The van der Waals surface area contributed by atoms with Crippen molar-refractivity contribution in [3.8, 4) is 0 Å². The number of thiocarbonyl (C=S) groups is 1. The van der Waals surface area contributed by atoms with Gasteiger partial charge in [0.25, 0.3) is 11.8 Å². The minimum Gasteiger partial charge on any atom is -0.343 e. The van der Waals surface area contributed by atoms with Gasteiger partial charge in [0.15, 0.2) is 5.11 Å². The fourth-order valence-corrected chi connectivity index (χ4v) is 1.88. The molecule has 0 radical (unpaired) electrons. The Bertz CT molecular complexity index is 677. The summed E-state index contributed by atoms with van der Waals surface area (Å²) in [5.74, 6) is -0.725. The second kappa shape index (κ2) is 8.50. The number of carbonyl (C=O) groups is 2. The molecule has 0 aromatic heterocycles. The average Bonchev–Trinajstić information content (AvgIpc) is 2.59. The molecule has 7 heteroatoms. The Hall–Kier alpha value is -2.93. The first-order valence-electron chi connectivity index (χ1n) is 6.89. The van der Waals surface area contributed by atoms with Gasteiger partial charge in [-0.05, 0) is 36.5 Å². The number of hydrazine groups is 1. The van der Waals surface area contributed by atoms with Crippen molar-refractivity contribution in [1.82, 2.24) is 16.2 Å². The molecule has 0 spiro atoms. The summed E-state index contributed by atoms with van der Waals surface area (Å²) in [6, 6.07) is 18.0. The van der Waals surface area contributed by atoms with Crippen molar-refractivity contribution in [1.29, 1.82) is 0 Å². The van der Waals surface area contributed by atoms with Crippen molar-refractivity contribution in [3.63, 3.8) is 0 Å². The number of hydrogen-bond acceptors (Lipinski definition) is 3. The first-order chi connectivity index (χ1) is 11.1. The zero-order chi connectivity index (χ0) is 16.5. The highest BCUT2D eigenvalue weighted by atomic mass is 32.1. The third-order valence-electron chi connectivity index (χ3n) is 2.79. The van der Waals surface area contributed by atoms with Crippen molar-refractivity contribution in [2.45, 2.75) is 0 Å². The Morgan fingerprint density at radius 1 is 0.870 bits per heavy atom. The van der Waals surface area contributed by atoms with Crippen molar-refractivity contribution in [2.75, 3.05) is 11.9 Å². The van der Waals surface area contributed by atoms with E-state index in [1.807, 2.05) is 36.4 Å². The highest BCUT2D eigenvalue weighted by molar-refractivity contribution is 7.80. The lowest BCUT2D eigenvalue weighted by molar-refractivity contribution is -0.120. The van der Waals surface area contributed by atoms with Crippen LogP contribution in [0.2, 0.25) is 0 Å². The zero-order valence-corrected chi connectivity index (χ0v) is 13.0. The van der Waals surface area contributed by atoms with E-state index in [1.165, 1.54) is 0 Å². The van der Waals surface area contributed by atoms with Crippen LogP contribution in [0.1, 0.15) is 10.4 Å². The Balaban J connectivity index is 1.69. The molecular weight excluding hydrogens is 312 g/mol. The summed E-state index contributed by atoms with van der Waals surface area (Å²) in [5.41, 5.74) is 6.26. The molecule has 0 heterocycles. The number of hydrogen-bond donors (Lipinski definition) is 4. The second-order valence-corrected chi connectivity index (χ2v) is 4.95. The lowest BCUT2D eigenvalue weighted by Crippen LogP contribution is -2.47. The van der Waals surface area contributed by atoms with Gasteiger partial charge in [-0.25, -0.2) is 0 Å². The highest BCUT2D eigenvalue weighted by Crippen LogP contribution is 2.03. The van der Waals surface area contributed by atoms with E-state index in [-0.39, 0.29) is 17.6 Å². The molecule has 4 N–H and O–H groups in total. The van der Waals surface area contributed by atoms with Crippen molar-refractivity contribution in [2.24, 2.45) is 0 Å². The zero-order valence-electron chi connectivity index (χ0n) is 12.2. The first kappa shape index (κ1) is 16.4. The smallest absolute Gasteiger partial charge is 0.257 e. The molecule has 2 aromatic rings. The minimum atomic E-state index is -0.411. The van der Waals surface area contributed by atoms with Gasteiger partial charge >= 0.3 is 0 Å². The van der Waals surface area contributed by atoms with Gasteiger partial charge < -0.3 is 10.6 Å². The van der Waals surface area contributed by atoms with Gasteiger partial charge in [0.05, 0.1) is 6.54 Å². The molecular formula is C16H16N4O2S. The van der Waals surface area contributed by atoms with Crippen LogP contribution in [0.25, 0.3) is 0 Å². The third-order valence-corrected chi connectivity index (χ3v) is 3.00. The number of carbonyl (C=O) groups excluding carboxylic acids is 2. The molecule has 0 aliphatic rings. The summed E-state index contributed by atoms with van der Waals surface area (Å²) >= 11 is 5.04. The molecule has 2 aromatic carbocycles. The van der Waals surface area contributed by atoms with Gasteiger partial charge in [-0.3, -0.25) is 20.4 Å². The van der Waals surface area contributed by atoms with Crippen LogP contribution in [-0.4, -0.2) is 23.5 Å². The molecule has 0 unspecified atom stereocenters. The van der Waals surface area contributed by atoms with Crippen molar-refractivity contribution >= 4 is 34.8 Å². The Morgan fingerprint density at radius 2 is 1.48 bits per heavy atom. The quantitative estimate of drug-likeness (QED) is 0.504. The fraction of sp³-hybridized carbons (Fsp3) is 0.0625. The topological polar surface area (TPSA) is 82.3 Å². The van der Waals surface area contributed by atoms with E-state index < -0.39 is 5.91 Å². The highest BCUT2D eigenvalue weighted by Gasteiger charge is 2.07. The number of benzene rings is 2. The van der Waals surface area contributed by atoms with Crippen LogP contribution < -0.4 is 21.5 Å². The van der Waals surface area contributed by atoms with Gasteiger partial charge in [0.1, 0.15) is 0 Å². The van der Waals surface area contributed by atoms with E-state index in [1.54, 1.807) is 24.3 Å². The molecule has 0 saturated heterocycles. The van der Waals surface area contributed by atoms with Gasteiger partial charge in [-0.1, -0.05) is 36.4 Å². The monoisotopic (exact) mass is 328 g/mol. The molecule has 23 heavy (non-hydrogen) atoms. The lowest BCUT2D eigenvalue weighted by Gasteiger charge is -2.11. The van der Waals surface area contributed by atoms with Gasteiger partial charge in [-0.15, -0.1) is 0 Å². The normalized spacial score (nSPS) is 9.57. The summed E-state index contributed by atoms with van der Waals surface area (Å²) in [6.45, 7) is -0.158. The van der Waals surface area contributed by atoms with Gasteiger partial charge in [0, 0.05) is 11.3 Å². The van der Waals surface area contributed by atoms with E-state index in [2.05, 4.69) is 21.5 Å². The number of anilines is 1. The van der Waals surface area contributed by atoms with Gasteiger partial charge in [-0.2, -0.15) is 0 Å². The maximum atomic E-state index is 11.8. The van der Waals surface area contributed by atoms with Gasteiger partial charge in [0.2, 0.25) is 0 Å². The van der Waals surface area contributed by atoms with Crippen LogP contribution in [0.5, 0.6) is 0 Å². The molecule has 0 bridgehead atoms. The Kier molecular flexibility index (Phi) is 6.07. The second-order valence-electron chi connectivity index (χ2n) is 4.54. The largest absolute Gasteiger partial charge is 0.343 e. The van der Waals surface area contributed by atoms with Crippen LogP contribution in [0, 0.1) is 0 Å². The predicted octanol–water partition coefficient (Wildman–Crippen LogP) is 1.43. The summed E-state index contributed by atoms with van der Waals surface area (Å²) in [5, 5.41) is 5.67. The van der Waals surface area contributed by atoms with E-state index >= 15 is 0 Å². The SMILES string of the molecule is O=C(CNC(=O)c1ccccc1)NNC(=S)Nc1ccccc1. The Labute approximate surface area is 139 Å². The van der Waals surface area contributed by atoms with E-state index in [9.17, 15) is 9.59 Å². The Morgan fingerprint density at radius 3 is 2.13 bits per heavy atom. The number of rotatable bonds is 4. The number of amides is 2. The molecule has 0 atom stereocenters. The standard InChI is InChI=1S/C16H16N4O2S/c21-14(11-17-15(22)12-7-3-1-4-8-12)19-20-16(23)18-13-9-5-2-6-10-13/h1-10H,11H2,(H,17,22)(H,19,21)(H2,18,20,23).